The first kappa shape index (κ1) is 28.2. The lowest BCUT2D eigenvalue weighted by Gasteiger charge is -2.37. The molecule has 4 rings (SSSR count). The van der Waals surface area contributed by atoms with Crippen molar-refractivity contribution in [2.45, 2.75) is 35.8 Å². The molecular weight excluding hydrogens is 531 g/mol. The SMILES string of the molecule is C[C@@H]1CN([C@H](C)CO)S(=O)(=O)c2ccc(-c3ccccc3)cc2O[C@H]1CN(C)S(=O)(=O)c1ccccc1F. The number of aliphatic hydroxyl groups is 1. The van der Waals surface area contributed by atoms with Gasteiger partial charge in [-0.05, 0) is 42.3 Å². The summed E-state index contributed by atoms with van der Waals surface area (Å²) in [6.07, 6.45) is -0.782. The Labute approximate surface area is 223 Å². The first-order valence-corrected chi connectivity index (χ1v) is 15.0. The number of ether oxygens (including phenoxy) is 1. The van der Waals surface area contributed by atoms with E-state index in [2.05, 4.69) is 0 Å². The van der Waals surface area contributed by atoms with Crippen LogP contribution in [0.1, 0.15) is 13.8 Å². The largest absolute Gasteiger partial charge is 0.487 e. The van der Waals surface area contributed by atoms with Crippen LogP contribution in [-0.4, -0.2) is 69.4 Å². The van der Waals surface area contributed by atoms with E-state index in [1.54, 1.807) is 26.0 Å². The Morgan fingerprint density at radius 1 is 1.08 bits per heavy atom. The van der Waals surface area contributed by atoms with Gasteiger partial charge in [-0.1, -0.05) is 55.5 Å². The molecule has 1 N–H and O–H groups in total. The van der Waals surface area contributed by atoms with Gasteiger partial charge >= 0.3 is 0 Å². The molecule has 3 aromatic rings. The molecule has 1 heterocycles. The molecule has 0 bridgehead atoms. The molecule has 1 aliphatic rings. The van der Waals surface area contributed by atoms with Crippen molar-refractivity contribution in [1.82, 2.24) is 8.61 Å². The van der Waals surface area contributed by atoms with E-state index in [4.69, 9.17) is 4.74 Å². The van der Waals surface area contributed by atoms with Gasteiger partial charge in [-0.2, -0.15) is 8.61 Å². The van der Waals surface area contributed by atoms with Crippen molar-refractivity contribution in [3.8, 4) is 16.9 Å². The normalized spacial score (nSPS) is 20.7. The number of rotatable bonds is 7. The minimum atomic E-state index is -4.19. The Kier molecular flexibility index (Phi) is 8.24. The summed E-state index contributed by atoms with van der Waals surface area (Å²) in [5.41, 5.74) is 1.57. The summed E-state index contributed by atoms with van der Waals surface area (Å²) in [6.45, 7) is 2.80. The molecule has 0 saturated carbocycles. The number of halogens is 1. The molecule has 0 radical (unpaired) electrons. The van der Waals surface area contributed by atoms with Crippen molar-refractivity contribution in [1.29, 1.82) is 0 Å². The second-order valence-corrected chi connectivity index (χ2v) is 13.4. The van der Waals surface area contributed by atoms with Crippen LogP contribution in [0, 0.1) is 11.7 Å². The zero-order chi connectivity index (χ0) is 27.7. The Hall–Kier alpha value is -2.83. The number of nitrogens with zero attached hydrogens (tertiary/aromatic N) is 2. The summed E-state index contributed by atoms with van der Waals surface area (Å²) in [5.74, 6) is -1.27. The van der Waals surface area contributed by atoms with Crippen molar-refractivity contribution in [2.75, 3.05) is 26.7 Å². The van der Waals surface area contributed by atoms with Crippen LogP contribution in [-0.2, 0) is 20.0 Å². The van der Waals surface area contributed by atoms with Crippen LogP contribution in [0.15, 0.2) is 82.6 Å². The second kappa shape index (κ2) is 11.1. The van der Waals surface area contributed by atoms with Gasteiger partial charge in [-0.25, -0.2) is 21.2 Å². The zero-order valence-electron chi connectivity index (χ0n) is 21.4. The molecule has 0 fully saturated rings. The Morgan fingerprint density at radius 2 is 1.74 bits per heavy atom. The zero-order valence-corrected chi connectivity index (χ0v) is 23.0. The standard InChI is InChI=1S/C27H31FN2O6S2/c1-19-16-30(20(2)18-31)38(34,35)27-14-13-22(21-9-5-4-6-10-21)15-24(27)36-25(19)17-29(3)37(32,33)26-12-8-7-11-23(26)28/h4-15,19-20,25,31H,16-18H2,1-3H3/t19-,20-,25+/m1/s1. The Bertz CT molecular complexity index is 1500. The number of aliphatic hydroxyl groups excluding tert-OH is 1. The van der Waals surface area contributed by atoms with Crippen LogP contribution in [0.5, 0.6) is 5.75 Å². The molecule has 0 spiro atoms. The highest BCUT2D eigenvalue weighted by Crippen LogP contribution is 2.36. The molecule has 3 aromatic carbocycles. The Balaban J connectivity index is 1.78. The average molecular weight is 563 g/mol. The van der Waals surface area contributed by atoms with Crippen molar-refractivity contribution >= 4 is 20.0 Å². The smallest absolute Gasteiger partial charge is 0.247 e. The summed E-state index contributed by atoms with van der Waals surface area (Å²) in [7, 11) is -6.90. The van der Waals surface area contributed by atoms with Crippen LogP contribution in [0.2, 0.25) is 0 Å². The van der Waals surface area contributed by atoms with Crippen LogP contribution in [0.4, 0.5) is 4.39 Å². The van der Waals surface area contributed by atoms with Crippen molar-refractivity contribution < 1.29 is 31.1 Å². The summed E-state index contributed by atoms with van der Waals surface area (Å²) in [4.78, 5) is -0.528. The molecule has 0 amide bonds. The van der Waals surface area contributed by atoms with Crippen molar-refractivity contribution in [2.24, 2.45) is 5.92 Å². The molecule has 11 heteroatoms. The number of likely N-dealkylation sites (N-methyl/N-ethyl adjacent to an activating group) is 1. The topological polar surface area (TPSA) is 104 Å². The van der Waals surface area contributed by atoms with Crippen LogP contribution in [0.3, 0.4) is 0 Å². The summed E-state index contributed by atoms with van der Waals surface area (Å²) in [6, 6.07) is 18.6. The molecule has 204 valence electrons. The van der Waals surface area contributed by atoms with Gasteiger partial charge < -0.3 is 9.84 Å². The maximum Gasteiger partial charge on any atom is 0.247 e. The van der Waals surface area contributed by atoms with Gasteiger partial charge in [0.15, 0.2) is 0 Å². The number of sulfonamides is 2. The number of fused-ring (bicyclic) bond motifs is 1. The van der Waals surface area contributed by atoms with Crippen LogP contribution in [0.25, 0.3) is 11.1 Å². The van der Waals surface area contributed by atoms with E-state index in [1.165, 1.54) is 35.6 Å². The molecule has 38 heavy (non-hydrogen) atoms. The fourth-order valence-corrected chi connectivity index (χ4v) is 7.50. The molecule has 0 saturated heterocycles. The van der Waals surface area contributed by atoms with Crippen LogP contribution >= 0.6 is 0 Å². The highest BCUT2D eigenvalue weighted by atomic mass is 32.2. The average Bonchev–Trinajstić information content (AvgIpc) is 2.90. The van der Waals surface area contributed by atoms with Gasteiger partial charge in [0.05, 0.1) is 13.2 Å². The maximum absolute atomic E-state index is 14.4. The Morgan fingerprint density at radius 3 is 2.39 bits per heavy atom. The third kappa shape index (κ3) is 5.48. The van der Waals surface area contributed by atoms with Gasteiger partial charge in [-0.15, -0.1) is 0 Å². The maximum atomic E-state index is 14.4. The summed E-state index contributed by atoms with van der Waals surface area (Å²) in [5, 5.41) is 9.82. The third-order valence-electron chi connectivity index (χ3n) is 6.74. The fourth-order valence-electron chi connectivity index (χ4n) is 4.43. The molecular formula is C27H31FN2O6S2. The third-order valence-corrected chi connectivity index (χ3v) is 10.6. The highest BCUT2D eigenvalue weighted by Gasteiger charge is 2.39. The monoisotopic (exact) mass is 562 g/mol. The van der Waals surface area contributed by atoms with Crippen molar-refractivity contribution in [3.63, 3.8) is 0 Å². The van der Waals surface area contributed by atoms with Gasteiger partial charge in [-0.3, -0.25) is 0 Å². The molecule has 0 unspecified atom stereocenters. The predicted molar refractivity (Wildman–Crippen MR) is 142 cm³/mol. The van der Waals surface area contributed by atoms with Gasteiger partial charge in [0.1, 0.15) is 27.5 Å². The van der Waals surface area contributed by atoms with E-state index in [9.17, 15) is 26.3 Å². The van der Waals surface area contributed by atoms with Crippen LogP contribution < -0.4 is 4.74 Å². The quantitative estimate of drug-likeness (QED) is 0.472. The predicted octanol–water partition coefficient (Wildman–Crippen LogP) is 3.58. The summed E-state index contributed by atoms with van der Waals surface area (Å²) >= 11 is 0. The fraction of sp³-hybridized carbons (Fsp3) is 0.333. The van der Waals surface area contributed by atoms with E-state index in [1.807, 2.05) is 30.3 Å². The highest BCUT2D eigenvalue weighted by molar-refractivity contribution is 7.89. The number of hydrogen-bond acceptors (Lipinski definition) is 6. The lowest BCUT2D eigenvalue weighted by molar-refractivity contribution is 0.0904. The summed E-state index contributed by atoms with van der Waals surface area (Å²) < 4.78 is 76.6. The first-order valence-electron chi connectivity index (χ1n) is 12.2. The van der Waals surface area contributed by atoms with Gasteiger partial charge in [0.25, 0.3) is 0 Å². The first-order chi connectivity index (χ1) is 18.0. The van der Waals surface area contributed by atoms with Gasteiger partial charge in [0.2, 0.25) is 20.0 Å². The molecule has 1 aliphatic heterocycles. The molecule has 3 atom stereocenters. The number of benzene rings is 3. The van der Waals surface area contributed by atoms with E-state index in [0.717, 1.165) is 21.5 Å². The molecule has 0 aromatic heterocycles. The van der Waals surface area contributed by atoms with E-state index < -0.39 is 55.4 Å². The van der Waals surface area contributed by atoms with E-state index >= 15 is 0 Å². The number of hydrogen-bond donors (Lipinski definition) is 1. The second-order valence-electron chi connectivity index (χ2n) is 9.48. The van der Waals surface area contributed by atoms with Crippen molar-refractivity contribution in [3.05, 3.63) is 78.6 Å². The lowest BCUT2D eigenvalue weighted by atomic mass is 10.0. The van der Waals surface area contributed by atoms with E-state index in [0.29, 0.717) is 0 Å². The molecule has 8 nitrogen and oxygen atoms in total. The van der Waals surface area contributed by atoms with E-state index in [-0.39, 0.29) is 23.7 Å². The molecule has 0 aliphatic carbocycles. The van der Waals surface area contributed by atoms with Gasteiger partial charge in [0, 0.05) is 25.6 Å². The lowest BCUT2D eigenvalue weighted by Crippen LogP contribution is -2.50. The minimum Gasteiger partial charge on any atom is -0.487 e. The minimum absolute atomic E-state index is 0.0117.